The molecule has 1 aliphatic heterocycles. The molecule has 3 aliphatic carbocycles. The first kappa shape index (κ1) is 20.2. The summed E-state index contributed by atoms with van der Waals surface area (Å²) in [5.74, 6) is 3.20. The predicted molar refractivity (Wildman–Crippen MR) is 133 cm³/mol. The van der Waals surface area contributed by atoms with Gasteiger partial charge in [-0.1, -0.05) is 37.8 Å². The summed E-state index contributed by atoms with van der Waals surface area (Å²) in [6.07, 6.45) is 9.50. The van der Waals surface area contributed by atoms with Crippen molar-refractivity contribution in [2.24, 2.45) is 17.3 Å². The van der Waals surface area contributed by atoms with Gasteiger partial charge in [-0.25, -0.2) is 4.98 Å². The van der Waals surface area contributed by atoms with Gasteiger partial charge in [-0.3, -0.25) is 0 Å². The number of fused-ring (bicyclic) bond motifs is 7. The van der Waals surface area contributed by atoms with Gasteiger partial charge in [0, 0.05) is 5.41 Å². The topological polar surface area (TPSA) is 34.6 Å². The monoisotopic (exact) mass is 457 g/mol. The molecular weight excluding hydrogens is 426 g/mol. The number of thiazole rings is 1. The van der Waals surface area contributed by atoms with E-state index in [0.29, 0.717) is 12.5 Å². The molecule has 0 unspecified atom stereocenters. The predicted octanol–water partition coefficient (Wildman–Crippen LogP) is 7.23. The molecule has 170 valence electrons. The fourth-order valence-corrected chi connectivity index (χ4v) is 8.97. The van der Waals surface area contributed by atoms with Crippen molar-refractivity contribution in [3.05, 3.63) is 71.3 Å². The van der Waals surface area contributed by atoms with Crippen molar-refractivity contribution < 1.29 is 9.47 Å². The summed E-state index contributed by atoms with van der Waals surface area (Å²) in [6, 6.07) is 15.3. The van der Waals surface area contributed by atoms with Crippen LogP contribution in [0.3, 0.4) is 0 Å². The Bertz CT molecular complexity index is 1220. The van der Waals surface area contributed by atoms with E-state index < -0.39 is 0 Å². The lowest BCUT2D eigenvalue weighted by atomic mass is 9.53. The van der Waals surface area contributed by atoms with Gasteiger partial charge in [-0.15, -0.1) is 11.3 Å². The zero-order valence-corrected chi connectivity index (χ0v) is 20.1. The van der Waals surface area contributed by atoms with Crippen molar-refractivity contribution in [1.29, 1.82) is 0 Å². The van der Waals surface area contributed by atoms with Crippen LogP contribution in [-0.2, 0) is 11.2 Å². The number of aromatic nitrogens is 1. The summed E-state index contributed by atoms with van der Waals surface area (Å²) in [5, 5.41) is 1.20. The fraction of sp³-hybridized carbons (Fsp3) is 0.483. The van der Waals surface area contributed by atoms with Crippen molar-refractivity contribution >= 4 is 21.6 Å². The lowest BCUT2D eigenvalue weighted by Gasteiger charge is -2.50. The minimum absolute atomic E-state index is 0.0131. The van der Waals surface area contributed by atoms with Gasteiger partial charge in [0.15, 0.2) is 0 Å². The lowest BCUT2D eigenvalue weighted by Crippen LogP contribution is -2.45. The van der Waals surface area contributed by atoms with Gasteiger partial charge in [0.05, 0.1) is 10.2 Å². The lowest BCUT2D eigenvalue weighted by molar-refractivity contribution is 0.0120. The summed E-state index contributed by atoms with van der Waals surface area (Å²) >= 11 is 1.83. The third-order valence-corrected chi connectivity index (χ3v) is 10.6. The molecule has 6 atom stereocenters. The molecule has 0 radical (unpaired) electrons. The second kappa shape index (κ2) is 7.16. The van der Waals surface area contributed by atoms with E-state index in [1.807, 2.05) is 17.4 Å². The van der Waals surface area contributed by atoms with Crippen LogP contribution in [0.25, 0.3) is 10.2 Å². The average molecular weight is 458 g/mol. The van der Waals surface area contributed by atoms with Crippen LogP contribution in [0, 0.1) is 17.3 Å². The molecular formula is C29H31NO2S. The molecule has 3 nitrogen and oxygen atoms in total. The number of epoxide rings is 1. The first-order valence-corrected chi connectivity index (χ1v) is 13.3. The van der Waals surface area contributed by atoms with E-state index in [-0.39, 0.29) is 17.1 Å². The average Bonchev–Trinajstić information content (AvgIpc) is 3.30. The third kappa shape index (κ3) is 2.80. The molecule has 33 heavy (non-hydrogen) atoms. The first-order valence-electron chi connectivity index (χ1n) is 12.5. The Morgan fingerprint density at radius 3 is 2.97 bits per heavy atom. The number of aryl methyl sites for hydroxylation is 1. The molecule has 1 saturated heterocycles. The van der Waals surface area contributed by atoms with E-state index in [9.17, 15) is 0 Å². The Balaban J connectivity index is 1.16. The highest BCUT2D eigenvalue weighted by Gasteiger charge is 2.74. The van der Waals surface area contributed by atoms with Gasteiger partial charge in [0.2, 0.25) is 0 Å². The maximum absolute atomic E-state index is 6.68. The number of para-hydroxylation sites is 1. The van der Waals surface area contributed by atoms with Crippen LogP contribution >= 0.6 is 11.3 Å². The Kier molecular flexibility index (Phi) is 4.39. The van der Waals surface area contributed by atoms with Crippen LogP contribution in [0.1, 0.15) is 67.2 Å². The molecule has 0 bridgehead atoms. The summed E-state index contributed by atoms with van der Waals surface area (Å²) in [6.45, 7) is 6.89. The van der Waals surface area contributed by atoms with Gasteiger partial charge in [0.1, 0.15) is 29.1 Å². The van der Waals surface area contributed by atoms with Gasteiger partial charge < -0.3 is 9.47 Å². The molecule has 4 heteroatoms. The molecule has 2 saturated carbocycles. The second-order valence-electron chi connectivity index (χ2n) is 10.8. The van der Waals surface area contributed by atoms with Crippen LogP contribution in [0.5, 0.6) is 5.75 Å². The van der Waals surface area contributed by atoms with E-state index in [1.165, 1.54) is 53.8 Å². The number of nitrogens with zero attached hydrogens (tertiary/aromatic N) is 1. The normalized spacial score (nSPS) is 36.3. The van der Waals surface area contributed by atoms with Gasteiger partial charge in [-0.05, 0) is 91.7 Å². The SMILES string of the molecule is C=CCOc1ccc2c(c1)CC[C@@H]1[C@@H]2CC[C@@]2(C)[C@H]1CC[C@]21O[C@H]1c1nc2ccccc2s1. The quantitative estimate of drug-likeness (QED) is 0.306. The number of hydrogen-bond acceptors (Lipinski definition) is 4. The maximum atomic E-state index is 6.68. The molecule has 4 aliphatic rings. The first-order chi connectivity index (χ1) is 16.1. The number of rotatable bonds is 4. The van der Waals surface area contributed by atoms with Crippen molar-refractivity contribution in [3.63, 3.8) is 0 Å². The summed E-state index contributed by atoms with van der Waals surface area (Å²) < 4.78 is 13.8. The highest BCUT2D eigenvalue weighted by molar-refractivity contribution is 7.18. The van der Waals surface area contributed by atoms with Crippen molar-refractivity contribution in [3.8, 4) is 5.75 Å². The summed E-state index contributed by atoms with van der Waals surface area (Å²) in [4.78, 5) is 4.98. The highest BCUT2D eigenvalue weighted by atomic mass is 32.1. The van der Waals surface area contributed by atoms with Crippen LogP contribution in [-0.4, -0.2) is 17.2 Å². The number of benzene rings is 2. The van der Waals surface area contributed by atoms with Crippen LogP contribution in [0.4, 0.5) is 0 Å². The van der Waals surface area contributed by atoms with E-state index in [4.69, 9.17) is 14.5 Å². The second-order valence-corrected chi connectivity index (χ2v) is 11.8. The molecule has 7 rings (SSSR count). The standard InChI is InChI=1S/C29H31NO2S/c1-3-16-31-19-9-11-20-18(17-19)8-10-22-21(20)12-14-28(2)23(22)13-15-29(28)26(32-29)27-30-24-6-4-5-7-25(24)33-27/h3-7,9,11,17,21-23,26H,1,8,10,12-16H2,2H3/t21-,22-,23+,26+,28+,29-/m1/s1. The van der Waals surface area contributed by atoms with Gasteiger partial charge >= 0.3 is 0 Å². The van der Waals surface area contributed by atoms with Gasteiger partial charge in [-0.2, -0.15) is 0 Å². The van der Waals surface area contributed by atoms with Crippen molar-refractivity contribution in [2.45, 2.75) is 63.1 Å². The molecule has 0 N–H and O–H groups in total. The highest BCUT2D eigenvalue weighted by Crippen LogP contribution is 2.75. The van der Waals surface area contributed by atoms with Crippen molar-refractivity contribution in [1.82, 2.24) is 4.98 Å². The Morgan fingerprint density at radius 1 is 1.18 bits per heavy atom. The van der Waals surface area contributed by atoms with Crippen molar-refractivity contribution in [2.75, 3.05) is 6.61 Å². The Hall–Kier alpha value is -2.17. The van der Waals surface area contributed by atoms with E-state index in [0.717, 1.165) is 23.1 Å². The molecule has 3 aromatic rings. The van der Waals surface area contributed by atoms with Crippen LogP contribution < -0.4 is 4.74 Å². The largest absolute Gasteiger partial charge is 0.490 e. The number of ether oxygens (including phenoxy) is 2. The molecule has 2 aromatic carbocycles. The Labute approximate surface area is 199 Å². The summed E-state index contributed by atoms with van der Waals surface area (Å²) in [7, 11) is 0. The van der Waals surface area contributed by atoms with Gasteiger partial charge in [0.25, 0.3) is 0 Å². The van der Waals surface area contributed by atoms with E-state index in [2.05, 4.69) is 56.0 Å². The molecule has 1 spiro atoms. The van der Waals surface area contributed by atoms with E-state index >= 15 is 0 Å². The summed E-state index contributed by atoms with van der Waals surface area (Å²) in [5.41, 5.74) is 4.48. The fourth-order valence-electron chi connectivity index (χ4n) is 7.89. The van der Waals surface area contributed by atoms with Crippen LogP contribution in [0.15, 0.2) is 55.1 Å². The minimum atomic E-state index is 0.0131. The maximum Gasteiger partial charge on any atom is 0.139 e. The zero-order valence-electron chi connectivity index (χ0n) is 19.3. The van der Waals surface area contributed by atoms with Crippen LogP contribution in [0.2, 0.25) is 0 Å². The zero-order chi connectivity index (χ0) is 22.2. The minimum Gasteiger partial charge on any atom is -0.490 e. The third-order valence-electron chi connectivity index (χ3n) is 9.48. The molecule has 1 aromatic heterocycles. The van der Waals surface area contributed by atoms with E-state index in [1.54, 1.807) is 5.56 Å². The number of hydrogen-bond donors (Lipinski definition) is 0. The smallest absolute Gasteiger partial charge is 0.139 e. The molecule has 3 fully saturated rings. The molecule has 2 heterocycles. The molecule has 0 amide bonds. The Morgan fingerprint density at radius 2 is 2.09 bits per heavy atom.